The lowest BCUT2D eigenvalue weighted by Crippen LogP contribution is -2.43. The zero-order chi connectivity index (χ0) is 16.8. The number of aryl methyl sites for hydroxylation is 1. The molecule has 1 saturated heterocycles. The van der Waals surface area contributed by atoms with E-state index in [1.165, 1.54) is 6.07 Å². The third-order valence-corrected chi connectivity index (χ3v) is 6.32. The molecule has 6 nitrogen and oxygen atoms in total. The number of carboxylic acids is 1. The third kappa shape index (κ3) is 2.60. The average Bonchev–Trinajstić information content (AvgIpc) is 2.89. The van der Waals surface area contributed by atoms with Gasteiger partial charge in [0, 0.05) is 17.1 Å². The van der Waals surface area contributed by atoms with Gasteiger partial charge in [-0.1, -0.05) is 18.2 Å². The summed E-state index contributed by atoms with van der Waals surface area (Å²) in [5, 5.41) is 10.1. The Morgan fingerprint density at radius 3 is 2.70 bits per heavy atom. The Morgan fingerprint density at radius 1 is 1.26 bits per heavy atom. The molecule has 0 bridgehead atoms. The van der Waals surface area contributed by atoms with Crippen molar-refractivity contribution in [1.82, 2.24) is 9.29 Å². The maximum Gasteiger partial charge on any atom is 0.322 e. The van der Waals surface area contributed by atoms with Crippen molar-refractivity contribution in [2.24, 2.45) is 0 Å². The van der Waals surface area contributed by atoms with Crippen LogP contribution in [-0.4, -0.2) is 40.9 Å². The smallest absolute Gasteiger partial charge is 0.322 e. The van der Waals surface area contributed by atoms with Crippen molar-refractivity contribution in [2.75, 3.05) is 0 Å². The maximum atomic E-state index is 13.1. The molecule has 1 N–H and O–H groups in total. The first kappa shape index (κ1) is 15.9. The van der Waals surface area contributed by atoms with Gasteiger partial charge in [-0.25, -0.2) is 8.42 Å². The SMILES string of the molecule is Cc1ccc2cccc(S(=O)(=O)N3[C@H](C)CC[C@@H]3C(=O)O)c2n1. The Morgan fingerprint density at radius 2 is 2.00 bits per heavy atom. The fourth-order valence-corrected chi connectivity index (χ4v) is 5.13. The fraction of sp³-hybridized carbons (Fsp3) is 0.375. The minimum atomic E-state index is -3.94. The largest absolute Gasteiger partial charge is 0.480 e. The number of nitrogens with zero attached hydrogens (tertiary/aromatic N) is 2. The number of benzene rings is 1. The lowest BCUT2D eigenvalue weighted by atomic mass is 10.2. The number of hydrogen-bond acceptors (Lipinski definition) is 4. The summed E-state index contributed by atoms with van der Waals surface area (Å²) in [7, 11) is -3.94. The number of sulfonamides is 1. The second-order valence-electron chi connectivity index (χ2n) is 5.90. The number of aliphatic carboxylic acids is 1. The Labute approximate surface area is 134 Å². The summed E-state index contributed by atoms with van der Waals surface area (Å²) in [6, 6.07) is 7.21. The van der Waals surface area contributed by atoms with Gasteiger partial charge >= 0.3 is 5.97 Å². The highest BCUT2D eigenvalue weighted by molar-refractivity contribution is 7.89. The van der Waals surface area contributed by atoms with Gasteiger partial charge in [-0.05, 0) is 38.8 Å². The monoisotopic (exact) mass is 334 g/mol. The van der Waals surface area contributed by atoms with Crippen molar-refractivity contribution in [3.63, 3.8) is 0 Å². The van der Waals surface area contributed by atoms with Crippen LogP contribution in [0, 0.1) is 6.92 Å². The number of aromatic nitrogens is 1. The van der Waals surface area contributed by atoms with Gasteiger partial charge in [0.25, 0.3) is 0 Å². The first-order valence-corrected chi connectivity index (χ1v) is 8.89. The molecule has 2 aromatic rings. The van der Waals surface area contributed by atoms with E-state index in [9.17, 15) is 18.3 Å². The van der Waals surface area contributed by atoms with Gasteiger partial charge < -0.3 is 5.11 Å². The molecular weight excluding hydrogens is 316 g/mol. The van der Waals surface area contributed by atoms with Gasteiger partial charge in [0.15, 0.2) is 0 Å². The van der Waals surface area contributed by atoms with E-state index in [0.29, 0.717) is 24.1 Å². The van der Waals surface area contributed by atoms with Crippen LogP contribution < -0.4 is 0 Å². The molecule has 1 fully saturated rings. The predicted octanol–water partition coefficient (Wildman–Crippen LogP) is 2.17. The van der Waals surface area contributed by atoms with Crippen molar-refractivity contribution >= 4 is 26.9 Å². The summed E-state index contributed by atoms with van der Waals surface area (Å²) in [6.07, 6.45) is 0.861. The molecule has 7 heteroatoms. The zero-order valence-corrected chi connectivity index (χ0v) is 13.7. The lowest BCUT2D eigenvalue weighted by molar-refractivity contribution is -0.140. The van der Waals surface area contributed by atoms with E-state index >= 15 is 0 Å². The fourth-order valence-electron chi connectivity index (χ4n) is 3.14. The lowest BCUT2D eigenvalue weighted by Gasteiger charge is -2.25. The second kappa shape index (κ2) is 5.58. The molecule has 0 aliphatic carbocycles. The summed E-state index contributed by atoms with van der Waals surface area (Å²) in [6.45, 7) is 3.53. The molecule has 3 rings (SSSR count). The third-order valence-electron chi connectivity index (χ3n) is 4.26. The maximum absolute atomic E-state index is 13.1. The highest BCUT2D eigenvalue weighted by atomic mass is 32.2. The number of pyridine rings is 1. The van der Waals surface area contributed by atoms with Crippen LogP contribution in [0.2, 0.25) is 0 Å². The molecule has 2 atom stereocenters. The van der Waals surface area contributed by atoms with E-state index in [1.807, 2.05) is 12.1 Å². The summed E-state index contributed by atoms with van der Waals surface area (Å²) in [5.41, 5.74) is 1.10. The molecule has 2 heterocycles. The van der Waals surface area contributed by atoms with E-state index in [4.69, 9.17) is 0 Å². The minimum Gasteiger partial charge on any atom is -0.480 e. The molecule has 0 radical (unpaired) electrons. The first-order chi connectivity index (χ1) is 10.8. The van der Waals surface area contributed by atoms with E-state index < -0.39 is 22.0 Å². The molecule has 1 aromatic carbocycles. The van der Waals surface area contributed by atoms with E-state index in [-0.39, 0.29) is 10.9 Å². The van der Waals surface area contributed by atoms with Gasteiger partial charge in [0.2, 0.25) is 10.0 Å². The number of para-hydroxylation sites is 1. The van der Waals surface area contributed by atoms with Crippen LogP contribution in [0.3, 0.4) is 0 Å². The van der Waals surface area contributed by atoms with Crippen molar-refractivity contribution in [3.8, 4) is 0 Å². The van der Waals surface area contributed by atoms with Crippen LogP contribution in [0.5, 0.6) is 0 Å². The van der Waals surface area contributed by atoms with Crippen LogP contribution in [0.4, 0.5) is 0 Å². The zero-order valence-electron chi connectivity index (χ0n) is 12.9. The predicted molar refractivity (Wildman–Crippen MR) is 85.6 cm³/mol. The van der Waals surface area contributed by atoms with Gasteiger partial charge in [-0.15, -0.1) is 0 Å². The highest BCUT2D eigenvalue weighted by Gasteiger charge is 2.44. The van der Waals surface area contributed by atoms with Crippen LogP contribution in [0.15, 0.2) is 35.2 Å². The van der Waals surface area contributed by atoms with E-state index in [2.05, 4.69) is 4.98 Å². The molecule has 1 aliphatic heterocycles. The summed E-state index contributed by atoms with van der Waals surface area (Å²) in [5.74, 6) is -1.11. The minimum absolute atomic E-state index is 0.0682. The number of carbonyl (C=O) groups is 1. The topological polar surface area (TPSA) is 87.6 Å². The van der Waals surface area contributed by atoms with Crippen LogP contribution in [0.25, 0.3) is 10.9 Å². The summed E-state index contributed by atoms with van der Waals surface area (Å²) >= 11 is 0. The Balaban J connectivity index is 2.20. The average molecular weight is 334 g/mol. The normalized spacial score (nSPS) is 22.5. The van der Waals surface area contributed by atoms with Gasteiger partial charge in [-0.2, -0.15) is 4.31 Å². The molecule has 0 amide bonds. The second-order valence-corrected chi connectivity index (χ2v) is 7.71. The van der Waals surface area contributed by atoms with E-state index in [1.54, 1.807) is 26.0 Å². The van der Waals surface area contributed by atoms with Crippen molar-refractivity contribution < 1.29 is 18.3 Å². The van der Waals surface area contributed by atoms with Gasteiger partial charge in [0.1, 0.15) is 10.9 Å². The van der Waals surface area contributed by atoms with Crippen molar-refractivity contribution in [2.45, 2.75) is 43.7 Å². The van der Waals surface area contributed by atoms with E-state index in [0.717, 1.165) is 9.69 Å². The summed E-state index contributed by atoms with van der Waals surface area (Å²) in [4.78, 5) is 15.9. The van der Waals surface area contributed by atoms with Crippen LogP contribution >= 0.6 is 0 Å². The standard InChI is InChI=1S/C16H18N2O4S/c1-10-6-8-12-4-3-5-14(15(12)17-10)23(21,22)18-11(2)7-9-13(18)16(19)20/h3-6,8,11,13H,7,9H2,1-2H3,(H,19,20)/t11-,13-/m1/s1. The number of rotatable bonds is 3. The number of carboxylic acid groups (broad SMARTS) is 1. The quantitative estimate of drug-likeness (QED) is 0.929. The molecule has 0 unspecified atom stereocenters. The highest BCUT2D eigenvalue weighted by Crippen LogP contribution is 2.33. The van der Waals surface area contributed by atoms with Gasteiger partial charge in [-0.3, -0.25) is 9.78 Å². The Bertz CT molecular complexity index is 879. The Hall–Kier alpha value is -1.99. The number of hydrogen-bond donors (Lipinski definition) is 1. The molecule has 1 aromatic heterocycles. The van der Waals surface area contributed by atoms with Crippen LogP contribution in [-0.2, 0) is 14.8 Å². The molecule has 1 aliphatic rings. The molecule has 0 saturated carbocycles. The molecular formula is C16H18N2O4S. The molecule has 0 spiro atoms. The molecule has 23 heavy (non-hydrogen) atoms. The summed E-state index contributed by atoms with van der Waals surface area (Å²) < 4.78 is 27.3. The van der Waals surface area contributed by atoms with Crippen molar-refractivity contribution in [3.05, 3.63) is 36.0 Å². The first-order valence-electron chi connectivity index (χ1n) is 7.45. The van der Waals surface area contributed by atoms with Gasteiger partial charge in [0.05, 0.1) is 5.52 Å². The van der Waals surface area contributed by atoms with Crippen LogP contribution in [0.1, 0.15) is 25.5 Å². The Kier molecular flexibility index (Phi) is 3.85. The van der Waals surface area contributed by atoms with Crippen molar-refractivity contribution in [1.29, 1.82) is 0 Å². The molecule has 122 valence electrons. The number of fused-ring (bicyclic) bond motifs is 1.